The molecule has 1 aromatic heterocycles. The van der Waals surface area contributed by atoms with Crippen LogP contribution in [0.3, 0.4) is 0 Å². The summed E-state index contributed by atoms with van der Waals surface area (Å²) in [4.78, 5) is 31.4. The third-order valence-corrected chi connectivity index (χ3v) is 6.78. The van der Waals surface area contributed by atoms with Crippen molar-refractivity contribution in [3.63, 3.8) is 0 Å². The molecule has 3 amide bonds. The number of hydrogen-bond donors (Lipinski definition) is 2. The Kier molecular flexibility index (Phi) is 6.05. The average molecular weight is 458 g/mol. The maximum Gasteiger partial charge on any atom is 0.317 e. The minimum absolute atomic E-state index is 0.0306. The number of aliphatic hydroxyl groups excluding tert-OH is 1. The van der Waals surface area contributed by atoms with Crippen molar-refractivity contribution in [1.82, 2.24) is 24.6 Å². The molecule has 2 aliphatic rings. The van der Waals surface area contributed by atoms with Gasteiger partial charge in [0.25, 0.3) is 0 Å². The molecular formula is C24H35N5O4. The highest BCUT2D eigenvalue weighted by atomic mass is 16.5. The lowest BCUT2D eigenvalue weighted by Crippen LogP contribution is -2.69. The summed E-state index contributed by atoms with van der Waals surface area (Å²) in [5, 5.41) is 14.5. The Labute approximate surface area is 194 Å². The second kappa shape index (κ2) is 8.53. The van der Waals surface area contributed by atoms with E-state index in [1.54, 1.807) is 16.9 Å². The van der Waals surface area contributed by atoms with Crippen molar-refractivity contribution in [2.24, 2.45) is 7.05 Å². The number of likely N-dealkylation sites (tertiary alicyclic amines) is 1. The first-order valence-corrected chi connectivity index (χ1v) is 11.4. The van der Waals surface area contributed by atoms with Gasteiger partial charge >= 0.3 is 6.03 Å². The summed E-state index contributed by atoms with van der Waals surface area (Å²) in [7, 11) is 7.34. The average Bonchev–Trinajstić information content (AvgIpc) is 3.02. The van der Waals surface area contributed by atoms with Gasteiger partial charge < -0.3 is 34.4 Å². The maximum absolute atomic E-state index is 13.3. The molecule has 1 fully saturated rings. The van der Waals surface area contributed by atoms with Crippen LogP contribution < -0.4 is 10.1 Å². The number of carbonyl (C=O) groups excluding carboxylic acids is 2. The summed E-state index contributed by atoms with van der Waals surface area (Å²) in [5.74, 6) is 0.721. The molecule has 1 saturated heterocycles. The summed E-state index contributed by atoms with van der Waals surface area (Å²) in [6.07, 6.45) is 0. The van der Waals surface area contributed by atoms with Crippen molar-refractivity contribution < 1.29 is 19.4 Å². The summed E-state index contributed by atoms with van der Waals surface area (Å²) < 4.78 is 7.52. The van der Waals surface area contributed by atoms with Crippen molar-refractivity contribution >= 4 is 22.8 Å². The third-order valence-electron chi connectivity index (χ3n) is 6.78. The number of nitrogens with one attached hydrogen (secondary N) is 1. The molecule has 9 nitrogen and oxygen atoms in total. The summed E-state index contributed by atoms with van der Waals surface area (Å²) in [6.45, 7) is 5.49. The predicted molar refractivity (Wildman–Crippen MR) is 126 cm³/mol. The van der Waals surface area contributed by atoms with Crippen LogP contribution in [0.25, 0.3) is 10.9 Å². The summed E-state index contributed by atoms with van der Waals surface area (Å²) >= 11 is 0. The minimum Gasteiger partial charge on any atom is -0.497 e. The van der Waals surface area contributed by atoms with Crippen LogP contribution in [0.4, 0.5) is 4.79 Å². The number of nitrogens with zero attached hydrogens (tertiary/aromatic N) is 4. The Morgan fingerprint density at radius 3 is 2.55 bits per heavy atom. The number of methoxy groups -OCH3 is 1. The number of aromatic nitrogens is 1. The minimum atomic E-state index is -0.444. The van der Waals surface area contributed by atoms with Gasteiger partial charge in [-0.15, -0.1) is 0 Å². The molecule has 0 radical (unpaired) electrons. The van der Waals surface area contributed by atoms with Crippen molar-refractivity contribution in [1.29, 1.82) is 0 Å². The van der Waals surface area contributed by atoms with E-state index >= 15 is 0 Å². The van der Waals surface area contributed by atoms with Gasteiger partial charge in [0.1, 0.15) is 5.75 Å². The van der Waals surface area contributed by atoms with Crippen LogP contribution in [0.5, 0.6) is 5.75 Å². The summed E-state index contributed by atoms with van der Waals surface area (Å²) in [5.41, 5.74) is 2.67. The van der Waals surface area contributed by atoms with Gasteiger partial charge in [0.2, 0.25) is 5.91 Å². The van der Waals surface area contributed by atoms with Gasteiger partial charge in [-0.2, -0.15) is 0 Å². The highest BCUT2D eigenvalue weighted by Gasteiger charge is 2.55. The summed E-state index contributed by atoms with van der Waals surface area (Å²) in [6, 6.07) is 5.50. The molecule has 1 aromatic carbocycles. The van der Waals surface area contributed by atoms with E-state index in [0.29, 0.717) is 19.6 Å². The smallest absolute Gasteiger partial charge is 0.317 e. The van der Waals surface area contributed by atoms with Crippen LogP contribution in [-0.2, 0) is 17.3 Å². The molecule has 0 saturated carbocycles. The van der Waals surface area contributed by atoms with Gasteiger partial charge in [-0.25, -0.2) is 4.79 Å². The zero-order chi connectivity index (χ0) is 24.1. The van der Waals surface area contributed by atoms with E-state index in [1.165, 1.54) is 0 Å². The predicted octanol–water partition coefficient (Wildman–Crippen LogP) is 1.30. The first-order chi connectivity index (χ1) is 15.6. The molecule has 3 heterocycles. The highest BCUT2D eigenvalue weighted by Crippen LogP contribution is 2.49. The SMILES string of the molecule is COc1ccc2c3c(n(C)c2c1)[C@@H](CO)N(C(=O)CN(C)C)CC31CN(C(=O)NC(C)C)C1. The molecule has 0 aliphatic carbocycles. The fourth-order valence-corrected chi connectivity index (χ4v) is 5.41. The number of aliphatic hydroxyl groups is 1. The highest BCUT2D eigenvalue weighted by molar-refractivity contribution is 5.90. The lowest BCUT2D eigenvalue weighted by atomic mass is 9.68. The number of rotatable bonds is 5. The molecule has 1 spiro atoms. The van der Waals surface area contributed by atoms with Crippen LogP contribution in [0.1, 0.15) is 31.1 Å². The Hall–Kier alpha value is -2.78. The van der Waals surface area contributed by atoms with E-state index in [4.69, 9.17) is 4.74 Å². The van der Waals surface area contributed by atoms with E-state index in [-0.39, 0.29) is 36.5 Å². The lowest BCUT2D eigenvalue weighted by molar-refractivity contribution is -0.139. The second-order valence-corrected chi connectivity index (χ2v) is 9.90. The largest absolute Gasteiger partial charge is 0.497 e. The van der Waals surface area contributed by atoms with Crippen LogP contribution in [0, 0.1) is 0 Å². The molecule has 1 atom stereocenters. The molecule has 9 heteroatoms. The van der Waals surface area contributed by atoms with E-state index in [9.17, 15) is 14.7 Å². The quantitative estimate of drug-likeness (QED) is 0.706. The Balaban J connectivity index is 1.83. The number of benzene rings is 1. The topological polar surface area (TPSA) is 90.3 Å². The number of ether oxygens (including phenoxy) is 1. The number of hydrogen-bond acceptors (Lipinski definition) is 5. The van der Waals surface area contributed by atoms with Crippen LogP contribution in [-0.4, -0.2) is 96.3 Å². The molecule has 2 N–H and O–H groups in total. The molecule has 0 unspecified atom stereocenters. The van der Waals surface area contributed by atoms with Crippen LogP contribution >= 0.6 is 0 Å². The monoisotopic (exact) mass is 457 g/mol. The van der Waals surface area contributed by atoms with E-state index in [0.717, 1.165) is 27.9 Å². The van der Waals surface area contributed by atoms with Gasteiger partial charge in [-0.1, -0.05) is 0 Å². The van der Waals surface area contributed by atoms with Crippen LogP contribution in [0.15, 0.2) is 18.2 Å². The number of likely N-dealkylation sites (N-methyl/N-ethyl adjacent to an activating group) is 1. The zero-order valence-corrected chi connectivity index (χ0v) is 20.4. The molecule has 4 rings (SSSR count). The number of carbonyl (C=O) groups is 2. The Bertz CT molecular complexity index is 1070. The second-order valence-electron chi connectivity index (χ2n) is 9.90. The van der Waals surface area contributed by atoms with Gasteiger partial charge in [0.05, 0.1) is 37.2 Å². The number of urea groups is 1. The first kappa shape index (κ1) is 23.4. The van der Waals surface area contributed by atoms with Crippen LogP contribution in [0.2, 0.25) is 0 Å². The normalized spacial score (nSPS) is 19.2. The Morgan fingerprint density at radius 1 is 1.27 bits per heavy atom. The number of amides is 3. The van der Waals surface area contributed by atoms with E-state index in [2.05, 4.69) is 16.0 Å². The molecule has 180 valence electrons. The molecular weight excluding hydrogens is 422 g/mol. The molecule has 0 bridgehead atoms. The third kappa shape index (κ3) is 3.83. The fraction of sp³-hybridized carbons (Fsp3) is 0.583. The fourth-order valence-electron chi connectivity index (χ4n) is 5.41. The van der Waals surface area contributed by atoms with Crippen molar-refractivity contribution in [2.75, 3.05) is 54.0 Å². The van der Waals surface area contributed by atoms with Crippen molar-refractivity contribution in [2.45, 2.75) is 31.3 Å². The lowest BCUT2D eigenvalue weighted by Gasteiger charge is -2.56. The van der Waals surface area contributed by atoms with Gasteiger partial charge in [-0.3, -0.25) is 4.79 Å². The Morgan fingerprint density at radius 2 is 1.97 bits per heavy atom. The molecule has 2 aliphatic heterocycles. The number of fused-ring (bicyclic) bond motifs is 4. The van der Waals surface area contributed by atoms with Gasteiger partial charge in [0, 0.05) is 49.9 Å². The standard InChI is InChI=1S/C24H35N5O4/c1-15(2)25-23(32)28-12-24(13-28)14-29(20(31)10-26(3)4)19(11-30)22-21(24)17-8-7-16(33-6)9-18(17)27(22)5/h7-9,15,19,30H,10-14H2,1-6H3,(H,25,32)/t19-/m1/s1. The van der Waals surface area contributed by atoms with Crippen molar-refractivity contribution in [3.05, 3.63) is 29.5 Å². The first-order valence-electron chi connectivity index (χ1n) is 11.4. The van der Waals surface area contributed by atoms with E-state index < -0.39 is 6.04 Å². The molecule has 33 heavy (non-hydrogen) atoms. The van der Waals surface area contributed by atoms with E-state index in [1.807, 2.05) is 52.0 Å². The van der Waals surface area contributed by atoms with Crippen molar-refractivity contribution in [3.8, 4) is 5.75 Å². The van der Waals surface area contributed by atoms with Gasteiger partial charge in [-0.05, 0) is 45.6 Å². The zero-order valence-electron chi connectivity index (χ0n) is 20.4. The number of aryl methyl sites for hydroxylation is 1. The molecule has 2 aromatic rings. The van der Waals surface area contributed by atoms with Gasteiger partial charge in [0.15, 0.2) is 0 Å². The maximum atomic E-state index is 13.3.